The molecule has 6 nitrogen and oxygen atoms in total. The molecule has 2 amide bonds. The normalized spacial score (nSPS) is 15.2. The summed E-state index contributed by atoms with van der Waals surface area (Å²) in [4.78, 5) is 30.9. The first-order chi connectivity index (χ1) is 15.0. The lowest BCUT2D eigenvalue weighted by Gasteiger charge is -2.36. The zero-order valence-electron chi connectivity index (χ0n) is 17.7. The standard InChI is InChI=1S/C25H25N3O3/c1-17-14-20(9-10-24(17)31-21-7-5-12-26-16-21)27-25(30)15-23-22-8-4-3-6-19(22)11-13-28(23)18(2)29/h3-10,12,14,16,23H,11,13,15H2,1-2H3,(H,27,30). The summed E-state index contributed by atoms with van der Waals surface area (Å²) >= 11 is 0. The lowest BCUT2D eigenvalue weighted by Crippen LogP contribution is -2.40. The van der Waals surface area contributed by atoms with Crippen LogP contribution in [0.15, 0.2) is 67.0 Å². The number of aryl methyl sites for hydroxylation is 1. The Kier molecular flexibility index (Phi) is 5.98. The van der Waals surface area contributed by atoms with Crippen molar-refractivity contribution in [3.05, 3.63) is 83.7 Å². The number of amides is 2. The molecule has 0 spiro atoms. The van der Waals surface area contributed by atoms with E-state index in [1.807, 2.05) is 55.5 Å². The van der Waals surface area contributed by atoms with Crippen LogP contribution >= 0.6 is 0 Å². The Morgan fingerprint density at radius 3 is 2.74 bits per heavy atom. The van der Waals surface area contributed by atoms with E-state index in [0.29, 0.717) is 23.7 Å². The van der Waals surface area contributed by atoms with Gasteiger partial charge in [-0.3, -0.25) is 14.6 Å². The predicted molar refractivity (Wildman–Crippen MR) is 119 cm³/mol. The molecule has 0 aliphatic carbocycles. The molecular weight excluding hydrogens is 390 g/mol. The molecule has 4 rings (SSSR count). The first kappa shape index (κ1) is 20.6. The third kappa shape index (κ3) is 4.74. The van der Waals surface area contributed by atoms with Crippen LogP contribution in [0.3, 0.4) is 0 Å². The van der Waals surface area contributed by atoms with Crippen molar-refractivity contribution >= 4 is 17.5 Å². The fraction of sp³-hybridized carbons (Fsp3) is 0.240. The van der Waals surface area contributed by atoms with Crippen LogP contribution in [-0.2, 0) is 16.0 Å². The molecule has 0 fully saturated rings. The molecule has 1 aliphatic heterocycles. The van der Waals surface area contributed by atoms with Gasteiger partial charge in [0.05, 0.1) is 18.7 Å². The van der Waals surface area contributed by atoms with Crippen molar-refractivity contribution in [2.24, 2.45) is 0 Å². The van der Waals surface area contributed by atoms with E-state index < -0.39 is 0 Å². The Hall–Kier alpha value is -3.67. The zero-order valence-corrected chi connectivity index (χ0v) is 17.7. The fourth-order valence-electron chi connectivity index (χ4n) is 4.01. The summed E-state index contributed by atoms with van der Waals surface area (Å²) in [5.41, 5.74) is 3.84. The van der Waals surface area contributed by atoms with Crippen molar-refractivity contribution in [3.63, 3.8) is 0 Å². The van der Waals surface area contributed by atoms with Crippen LogP contribution < -0.4 is 10.1 Å². The van der Waals surface area contributed by atoms with Gasteiger partial charge in [0.2, 0.25) is 11.8 Å². The predicted octanol–water partition coefficient (Wildman–Crippen LogP) is 4.66. The smallest absolute Gasteiger partial charge is 0.226 e. The average molecular weight is 415 g/mol. The summed E-state index contributed by atoms with van der Waals surface area (Å²) in [5.74, 6) is 1.21. The van der Waals surface area contributed by atoms with E-state index in [1.165, 1.54) is 5.56 Å². The molecule has 0 saturated carbocycles. The van der Waals surface area contributed by atoms with Crippen LogP contribution in [0.4, 0.5) is 5.69 Å². The van der Waals surface area contributed by atoms with E-state index in [-0.39, 0.29) is 24.3 Å². The Balaban J connectivity index is 1.47. The minimum absolute atomic E-state index is 0.0138. The number of carbonyl (C=O) groups excluding carboxylic acids is 2. The van der Waals surface area contributed by atoms with Crippen molar-refractivity contribution in [3.8, 4) is 11.5 Å². The van der Waals surface area contributed by atoms with Crippen LogP contribution in [-0.4, -0.2) is 28.2 Å². The minimum atomic E-state index is -0.253. The average Bonchev–Trinajstić information content (AvgIpc) is 2.76. The van der Waals surface area contributed by atoms with Crippen molar-refractivity contribution in [2.45, 2.75) is 32.7 Å². The van der Waals surface area contributed by atoms with Gasteiger partial charge in [-0.2, -0.15) is 0 Å². The van der Waals surface area contributed by atoms with E-state index >= 15 is 0 Å². The molecule has 31 heavy (non-hydrogen) atoms. The van der Waals surface area contributed by atoms with Gasteiger partial charge in [-0.1, -0.05) is 24.3 Å². The number of benzene rings is 2. The summed E-state index contributed by atoms with van der Waals surface area (Å²) in [7, 11) is 0. The molecule has 6 heteroatoms. The summed E-state index contributed by atoms with van der Waals surface area (Å²) in [6.07, 6.45) is 4.36. The van der Waals surface area contributed by atoms with Gasteiger partial charge in [-0.15, -0.1) is 0 Å². The van der Waals surface area contributed by atoms with Crippen LogP contribution in [0.25, 0.3) is 0 Å². The summed E-state index contributed by atoms with van der Waals surface area (Å²) < 4.78 is 5.85. The van der Waals surface area contributed by atoms with Gasteiger partial charge in [-0.25, -0.2) is 0 Å². The molecule has 2 aromatic carbocycles. The molecule has 0 bridgehead atoms. The molecule has 0 saturated heterocycles. The first-order valence-electron chi connectivity index (χ1n) is 10.3. The van der Waals surface area contributed by atoms with Gasteiger partial charge in [0.1, 0.15) is 11.5 Å². The molecule has 0 radical (unpaired) electrons. The van der Waals surface area contributed by atoms with E-state index in [9.17, 15) is 9.59 Å². The number of rotatable bonds is 5. The van der Waals surface area contributed by atoms with Gasteiger partial charge in [0.25, 0.3) is 0 Å². The number of hydrogen-bond acceptors (Lipinski definition) is 4. The van der Waals surface area contributed by atoms with Crippen LogP contribution in [0, 0.1) is 6.92 Å². The lowest BCUT2D eigenvalue weighted by atomic mass is 9.90. The molecule has 1 unspecified atom stereocenters. The number of carbonyl (C=O) groups is 2. The third-order valence-corrected chi connectivity index (χ3v) is 5.52. The SMILES string of the molecule is CC(=O)N1CCc2ccccc2C1CC(=O)Nc1ccc(Oc2cccnc2)c(C)c1. The number of anilines is 1. The maximum absolute atomic E-state index is 12.9. The summed E-state index contributed by atoms with van der Waals surface area (Å²) in [6.45, 7) is 4.11. The quantitative estimate of drug-likeness (QED) is 0.658. The number of nitrogens with zero attached hydrogens (tertiary/aromatic N) is 2. The Morgan fingerprint density at radius 1 is 1.16 bits per heavy atom. The molecule has 1 atom stereocenters. The molecule has 1 aliphatic rings. The second kappa shape index (κ2) is 9.00. The molecule has 2 heterocycles. The van der Waals surface area contributed by atoms with Crippen molar-refractivity contribution in [1.82, 2.24) is 9.88 Å². The number of aromatic nitrogens is 1. The number of nitrogens with one attached hydrogen (secondary N) is 1. The Labute approximate surface area is 181 Å². The topological polar surface area (TPSA) is 71.5 Å². The largest absolute Gasteiger partial charge is 0.455 e. The highest BCUT2D eigenvalue weighted by Gasteiger charge is 2.30. The second-order valence-electron chi connectivity index (χ2n) is 7.70. The minimum Gasteiger partial charge on any atom is -0.455 e. The Bertz CT molecular complexity index is 1100. The number of hydrogen-bond donors (Lipinski definition) is 1. The highest BCUT2D eigenvalue weighted by molar-refractivity contribution is 5.92. The maximum Gasteiger partial charge on any atom is 0.226 e. The first-order valence-corrected chi connectivity index (χ1v) is 10.3. The van der Waals surface area contributed by atoms with Crippen molar-refractivity contribution in [2.75, 3.05) is 11.9 Å². The van der Waals surface area contributed by atoms with Gasteiger partial charge in [0.15, 0.2) is 0 Å². The molecule has 158 valence electrons. The van der Waals surface area contributed by atoms with Gasteiger partial charge in [0, 0.05) is 25.4 Å². The van der Waals surface area contributed by atoms with Gasteiger partial charge < -0.3 is 15.0 Å². The summed E-state index contributed by atoms with van der Waals surface area (Å²) in [6, 6.07) is 17.0. The van der Waals surface area contributed by atoms with E-state index in [0.717, 1.165) is 17.5 Å². The van der Waals surface area contributed by atoms with Crippen molar-refractivity contribution < 1.29 is 14.3 Å². The molecule has 1 aromatic heterocycles. The van der Waals surface area contributed by atoms with Crippen LogP contribution in [0.5, 0.6) is 11.5 Å². The van der Waals surface area contributed by atoms with Gasteiger partial charge >= 0.3 is 0 Å². The fourth-order valence-corrected chi connectivity index (χ4v) is 4.01. The molecule has 3 aromatic rings. The number of fused-ring (bicyclic) bond motifs is 1. The summed E-state index contributed by atoms with van der Waals surface area (Å²) in [5, 5.41) is 2.97. The van der Waals surface area contributed by atoms with Crippen LogP contribution in [0.1, 0.15) is 36.1 Å². The maximum atomic E-state index is 12.9. The van der Waals surface area contributed by atoms with E-state index in [1.54, 1.807) is 24.2 Å². The highest BCUT2D eigenvalue weighted by Crippen LogP contribution is 2.33. The second-order valence-corrected chi connectivity index (χ2v) is 7.70. The van der Waals surface area contributed by atoms with Crippen molar-refractivity contribution in [1.29, 1.82) is 0 Å². The Morgan fingerprint density at radius 2 is 2.00 bits per heavy atom. The van der Waals surface area contributed by atoms with E-state index in [2.05, 4.69) is 16.4 Å². The highest BCUT2D eigenvalue weighted by atomic mass is 16.5. The monoisotopic (exact) mass is 415 g/mol. The molecular formula is C25H25N3O3. The molecule has 1 N–H and O–H groups in total. The van der Waals surface area contributed by atoms with Crippen LogP contribution in [0.2, 0.25) is 0 Å². The van der Waals surface area contributed by atoms with Gasteiger partial charge in [-0.05, 0) is 60.4 Å². The third-order valence-electron chi connectivity index (χ3n) is 5.52. The number of ether oxygens (including phenoxy) is 1. The van der Waals surface area contributed by atoms with E-state index in [4.69, 9.17) is 4.74 Å². The lowest BCUT2D eigenvalue weighted by molar-refractivity contribution is -0.132. The number of pyridine rings is 1. The zero-order chi connectivity index (χ0) is 21.8.